The van der Waals surface area contributed by atoms with Crippen LogP contribution in [0.5, 0.6) is 5.88 Å². The molecule has 0 aliphatic rings. The van der Waals surface area contributed by atoms with Crippen molar-refractivity contribution in [2.24, 2.45) is 0 Å². The van der Waals surface area contributed by atoms with Crippen LogP contribution in [0.15, 0.2) is 36.5 Å². The summed E-state index contributed by atoms with van der Waals surface area (Å²) in [5.41, 5.74) is 0.899. The van der Waals surface area contributed by atoms with Crippen molar-refractivity contribution in [3.8, 4) is 5.88 Å². The van der Waals surface area contributed by atoms with E-state index in [9.17, 15) is 14.9 Å². The van der Waals surface area contributed by atoms with E-state index in [-0.39, 0.29) is 22.8 Å². The lowest BCUT2D eigenvalue weighted by molar-refractivity contribution is -0.384. The number of carbonyl (C=O) groups is 1. The first-order valence-corrected chi connectivity index (χ1v) is 8.08. The van der Waals surface area contributed by atoms with E-state index in [1.165, 1.54) is 25.2 Å². The topological polar surface area (TPSA) is 106 Å². The summed E-state index contributed by atoms with van der Waals surface area (Å²) in [4.78, 5) is 26.6. The Hall–Kier alpha value is -3.16. The van der Waals surface area contributed by atoms with Crippen LogP contribution >= 0.6 is 0 Å². The molecule has 2 rings (SSSR count). The average molecular weight is 358 g/mol. The molecule has 0 atom stereocenters. The van der Waals surface area contributed by atoms with Crippen molar-refractivity contribution in [3.63, 3.8) is 0 Å². The first-order chi connectivity index (χ1) is 12.2. The number of aromatic nitrogens is 1. The molecule has 0 fully saturated rings. The molecular formula is C18H22N4O4. The molecule has 1 aromatic carbocycles. The fourth-order valence-electron chi connectivity index (χ4n) is 2.24. The van der Waals surface area contributed by atoms with Crippen LogP contribution in [-0.4, -0.2) is 28.5 Å². The first-order valence-electron chi connectivity index (χ1n) is 8.08. The van der Waals surface area contributed by atoms with Crippen LogP contribution in [0.4, 0.5) is 11.4 Å². The molecule has 0 spiro atoms. The number of hydrogen-bond acceptors (Lipinski definition) is 6. The third-order valence-corrected chi connectivity index (χ3v) is 3.38. The molecule has 2 aromatic rings. The Morgan fingerprint density at radius 2 is 2.00 bits per heavy atom. The zero-order valence-corrected chi connectivity index (χ0v) is 15.2. The molecule has 0 radical (unpaired) electrons. The summed E-state index contributed by atoms with van der Waals surface area (Å²) in [6.07, 6.45) is 1.63. The zero-order chi connectivity index (χ0) is 19.3. The second-order valence-corrected chi connectivity index (χ2v) is 6.64. The molecular weight excluding hydrogens is 336 g/mol. The molecule has 138 valence electrons. The molecule has 0 saturated carbocycles. The summed E-state index contributed by atoms with van der Waals surface area (Å²) in [5, 5.41) is 16.8. The van der Waals surface area contributed by atoms with Gasteiger partial charge in [-0.05, 0) is 44.5 Å². The minimum Gasteiger partial charge on any atom is -0.472 e. The van der Waals surface area contributed by atoms with E-state index in [0.29, 0.717) is 18.1 Å². The van der Waals surface area contributed by atoms with Gasteiger partial charge in [-0.25, -0.2) is 4.98 Å². The monoisotopic (exact) mass is 358 g/mol. The van der Waals surface area contributed by atoms with E-state index in [1.54, 1.807) is 18.3 Å². The Balaban J connectivity index is 2.18. The van der Waals surface area contributed by atoms with Crippen molar-refractivity contribution in [2.45, 2.75) is 32.9 Å². The molecule has 0 aliphatic carbocycles. The lowest BCUT2D eigenvalue weighted by Gasteiger charge is -2.20. The third kappa shape index (κ3) is 5.17. The predicted octanol–water partition coefficient (Wildman–Crippen LogP) is 3.14. The Morgan fingerprint density at radius 1 is 1.27 bits per heavy atom. The highest BCUT2D eigenvalue weighted by Gasteiger charge is 2.17. The normalized spacial score (nSPS) is 10.9. The second-order valence-electron chi connectivity index (χ2n) is 6.64. The number of amides is 1. The van der Waals surface area contributed by atoms with Gasteiger partial charge in [0.1, 0.15) is 11.3 Å². The molecule has 8 heteroatoms. The Morgan fingerprint density at radius 3 is 2.62 bits per heavy atom. The fraction of sp³-hybridized carbons (Fsp3) is 0.333. The number of nitro benzene ring substituents is 1. The number of ether oxygens (including phenoxy) is 1. The smallest absolute Gasteiger partial charge is 0.293 e. The van der Waals surface area contributed by atoms with Gasteiger partial charge in [0, 0.05) is 37.5 Å². The van der Waals surface area contributed by atoms with Crippen molar-refractivity contribution in [1.82, 2.24) is 10.3 Å². The van der Waals surface area contributed by atoms with E-state index >= 15 is 0 Å². The van der Waals surface area contributed by atoms with E-state index in [2.05, 4.69) is 15.6 Å². The predicted molar refractivity (Wildman–Crippen MR) is 98.4 cm³/mol. The van der Waals surface area contributed by atoms with Crippen LogP contribution < -0.4 is 15.4 Å². The number of nitrogens with zero attached hydrogens (tertiary/aromatic N) is 2. The number of pyridine rings is 1. The van der Waals surface area contributed by atoms with Gasteiger partial charge in [-0.2, -0.15) is 0 Å². The number of nitrogens with one attached hydrogen (secondary N) is 2. The number of carbonyl (C=O) groups excluding carboxylic acids is 1. The Labute approximate surface area is 151 Å². The Bertz CT molecular complexity index is 815. The SMILES string of the molecule is CNC(=O)c1ccc(NCc2ccnc(OC(C)(C)C)c2)c([N+](=O)[O-])c1. The summed E-state index contributed by atoms with van der Waals surface area (Å²) >= 11 is 0. The van der Waals surface area contributed by atoms with Crippen LogP contribution in [0.1, 0.15) is 36.7 Å². The van der Waals surface area contributed by atoms with Gasteiger partial charge in [-0.3, -0.25) is 14.9 Å². The number of hydrogen-bond donors (Lipinski definition) is 2. The lowest BCUT2D eigenvalue weighted by atomic mass is 10.1. The van der Waals surface area contributed by atoms with Crippen molar-refractivity contribution in [1.29, 1.82) is 0 Å². The zero-order valence-electron chi connectivity index (χ0n) is 15.2. The molecule has 8 nitrogen and oxygen atoms in total. The van der Waals surface area contributed by atoms with Gasteiger partial charge < -0.3 is 15.4 Å². The average Bonchev–Trinajstić information content (AvgIpc) is 2.58. The van der Waals surface area contributed by atoms with Gasteiger partial charge in [0.25, 0.3) is 11.6 Å². The maximum atomic E-state index is 11.7. The van der Waals surface area contributed by atoms with Crippen LogP contribution in [-0.2, 0) is 6.54 Å². The summed E-state index contributed by atoms with van der Waals surface area (Å²) in [5.74, 6) is 0.110. The highest BCUT2D eigenvalue weighted by molar-refractivity contribution is 5.95. The van der Waals surface area contributed by atoms with Crippen molar-refractivity contribution in [2.75, 3.05) is 12.4 Å². The molecule has 1 heterocycles. The highest BCUT2D eigenvalue weighted by Crippen LogP contribution is 2.26. The fourth-order valence-corrected chi connectivity index (χ4v) is 2.24. The molecule has 0 bridgehead atoms. The first kappa shape index (κ1) is 19.2. The van der Waals surface area contributed by atoms with E-state index in [1.807, 2.05) is 20.8 Å². The minimum absolute atomic E-state index is 0.161. The van der Waals surface area contributed by atoms with Crippen LogP contribution in [0.25, 0.3) is 0 Å². The largest absolute Gasteiger partial charge is 0.472 e. The molecule has 2 N–H and O–H groups in total. The van der Waals surface area contributed by atoms with Gasteiger partial charge in [-0.1, -0.05) is 0 Å². The highest BCUT2D eigenvalue weighted by atomic mass is 16.6. The number of benzene rings is 1. The van der Waals surface area contributed by atoms with Gasteiger partial charge in [0.2, 0.25) is 5.88 Å². The maximum absolute atomic E-state index is 11.7. The van der Waals surface area contributed by atoms with E-state index < -0.39 is 4.92 Å². The lowest BCUT2D eigenvalue weighted by Crippen LogP contribution is -2.23. The number of nitro groups is 1. The van der Waals surface area contributed by atoms with Crippen LogP contribution in [0.3, 0.4) is 0 Å². The summed E-state index contributed by atoms with van der Waals surface area (Å²) in [6, 6.07) is 7.89. The minimum atomic E-state index is -0.518. The maximum Gasteiger partial charge on any atom is 0.293 e. The van der Waals surface area contributed by atoms with Crippen molar-refractivity contribution in [3.05, 3.63) is 57.8 Å². The van der Waals surface area contributed by atoms with Gasteiger partial charge in [-0.15, -0.1) is 0 Å². The second kappa shape index (κ2) is 7.81. The summed E-state index contributed by atoms with van der Waals surface area (Å²) in [6.45, 7) is 6.13. The van der Waals surface area contributed by atoms with Crippen LogP contribution in [0.2, 0.25) is 0 Å². The Kier molecular flexibility index (Phi) is 5.76. The standard InChI is InChI=1S/C18H22N4O4/c1-18(2,3)26-16-9-12(7-8-20-16)11-21-14-6-5-13(17(23)19-4)10-15(14)22(24)25/h5-10,21H,11H2,1-4H3,(H,19,23). The van der Waals surface area contributed by atoms with Gasteiger partial charge in [0.15, 0.2) is 0 Å². The molecule has 0 unspecified atom stereocenters. The molecule has 0 aliphatic heterocycles. The van der Waals surface area contributed by atoms with Crippen molar-refractivity contribution < 1.29 is 14.5 Å². The van der Waals surface area contributed by atoms with Crippen LogP contribution in [0, 0.1) is 10.1 Å². The number of anilines is 1. The number of rotatable bonds is 6. The van der Waals surface area contributed by atoms with Gasteiger partial charge >= 0.3 is 0 Å². The van der Waals surface area contributed by atoms with Gasteiger partial charge in [0.05, 0.1) is 4.92 Å². The van der Waals surface area contributed by atoms with Crippen molar-refractivity contribution >= 4 is 17.3 Å². The molecule has 1 amide bonds. The van der Waals surface area contributed by atoms with E-state index in [4.69, 9.17) is 4.74 Å². The molecule has 0 saturated heterocycles. The quantitative estimate of drug-likeness (QED) is 0.607. The summed E-state index contributed by atoms with van der Waals surface area (Å²) < 4.78 is 5.72. The molecule has 26 heavy (non-hydrogen) atoms. The molecule has 1 aromatic heterocycles. The van der Waals surface area contributed by atoms with E-state index in [0.717, 1.165) is 5.56 Å². The summed E-state index contributed by atoms with van der Waals surface area (Å²) in [7, 11) is 1.47. The third-order valence-electron chi connectivity index (χ3n) is 3.38.